The third-order valence-electron chi connectivity index (χ3n) is 6.20. The molecule has 5 heteroatoms. The largest absolute Gasteiger partial charge is 0.354 e. The maximum absolute atomic E-state index is 13.7. The Hall–Kier alpha value is -3.05. The highest BCUT2D eigenvalue weighted by Crippen LogP contribution is 2.20. The number of rotatable bonds is 12. The van der Waals surface area contributed by atoms with E-state index >= 15 is 0 Å². The van der Waals surface area contributed by atoms with Crippen LogP contribution in [-0.2, 0) is 28.3 Å². The molecular weight excluding hydrogens is 476 g/mol. The number of nitrogens with zero attached hydrogens (tertiary/aromatic N) is 1. The molecule has 2 amide bonds. The van der Waals surface area contributed by atoms with Crippen LogP contribution in [-0.4, -0.2) is 35.1 Å². The smallest absolute Gasteiger partial charge is 0.243 e. The van der Waals surface area contributed by atoms with Crippen molar-refractivity contribution in [3.8, 4) is 0 Å². The second kappa shape index (κ2) is 14.0. The zero-order valence-electron chi connectivity index (χ0n) is 22.8. The minimum Gasteiger partial charge on any atom is -0.354 e. The number of aryl methyl sites for hydroxylation is 3. The Labute approximate surface area is 226 Å². The number of nitrogens with one attached hydrogen (secondary N) is 1. The van der Waals surface area contributed by atoms with Crippen molar-refractivity contribution in [1.82, 2.24) is 10.2 Å². The monoisotopic (exact) mass is 516 g/mol. The molecule has 0 radical (unpaired) electrons. The minimum absolute atomic E-state index is 0.0180. The van der Waals surface area contributed by atoms with Crippen LogP contribution in [0.1, 0.15) is 47.2 Å². The quantitative estimate of drug-likeness (QED) is 0.309. The van der Waals surface area contributed by atoms with Crippen molar-refractivity contribution in [3.05, 3.63) is 106 Å². The lowest BCUT2D eigenvalue weighted by Crippen LogP contribution is -2.51. The average Bonchev–Trinajstić information content (AvgIpc) is 2.85. The first-order chi connectivity index (χ1) is 17.7. The Balaban J connectivity index is 1.84. The third-order valence-corrected chi connectivity index (χ3v) is 7.19. The summed E-state index contributed by atoms with van der Waals surface area (Å²) < 4.78 is 0. The Bertz CT molecular complexity index is 1140. The summed E-state index contributed by atoms with van der Waals surface area (Å²) in [5.41, 5.74) is 6.90. The SMILES string of the molecule is Cc1ccc(CN(C(=O)CSCc2cc(C)cc(C)c2)C(Cc2ccccc2)C(=O)NCC(C)C)cc1. The van der Waals surface area contributed by atoms with Gasteiger partial charge in [0.25, 0.3) is 0 Å². The van der Waals surface area contributed by atoms with Gasteiger partial charge in [0.1, 0.15) is 6.04 Å². The molecule has 196 valence electrons. The normalized spacial score (nSPS) is 11.8. The molecule has 1 unspecified atom stereocenters. The summed E-state index contributed by atoms with van der Waals surface area (Å²) in [6.45, 7) is 11.4. The first kappa shape index (κ1) is 28.5. The van der Waals surface area contributed by atoms with Gasteiger partial charge in [0.05, 0.1) is 5.75 Å². The van der Waals surface area contributed by atoms with E-state index in [1.54, 1.807) is 16.7 Å². The molecule has 0 aliphatic rings. The third kappa shape index (κ3) is 9.40. The molecule has 0 spiro atoms. The molecule has 0 bridgehead atoms. The molecule has 37 heavy (non-hydrogen) atoms. The summed E-state index contributed by atoms with van der Waals surface area (Å²) in [5.74, 6) is 1.29. The maximum atomic E-state index is 13.7. The molecular formula is C32H40N2O2S. The summed E-state index contributed by atoms with van der Waals surface area (Å²) in [7, 11) is 0. The van der Waals surface area contributed by atoms with Gasteiger partial charge in [-0.05, 0) is 43.4 Å². The van der Waals surface area contributed by atoms with E-state index in [1.807, 2.05) is 49.4 Å². The van der Waals surface area contributed by atoms with Gasteiger partial charge >= 0.3 is 0 Å². The van der Waals surface area contributed by atoms with E-state index in [-0.39, 0.29) is 11.8 Å². The van der Waals surface area contributed by atoms with Crippen molar-refractivity contribution >= 4 is 23.6 Å². The molecule has 0 aliphatic carbocycles. The lowest BCUT2D eigenvalue weighted by molar-refractivity contribution is -0.139. The molecule has 3 rings (SSSR count). The summed E-state index contributed by atoms with van der Waals surface area (Å²) in [6, 6.07) is 24.1. The highest BCUT2D eigenvalue weighted by molar-refractivity contribution is 7.99. The molecule has 1 atom stereocenters. The van der Waals surface area contributed by atoms with Crippen molar-refractivity contribution in [3.63, 3.8) is 0 Å². The van der Waals surface area contributed by atoms with E-state index in [2.05, 4.69) is 63.3 Å². The van der Waals surface area contributed by atoms with Crippen molar-refractivity contribution in [1.29, 1.82) is 0 Å². The lowest BCUT2D eigenvalue weighted by atomic mass is 10.0. The van der Waals surface area contributed by atoms with Crippen molar-refractivity contribution in [2.75, 3.05) is 12.3 Å². The van der Waals surface area contributed by atoms with Gasteiger partial charge in [-0.1, -0.05) is 103 Å². The van der Waals surface area contributed by atoms with Crippen molar-refractivity contribution < 1.29 is 9.59 Å². The highest BCUT2D eigenvalue weighted by atomic mass is 32.2. The Kier molecular flexibility index (Phi) is 10.8. The van der Waals surface area contributed by atoms with E-state index < -0.39 is 6.04 Å². The van der Waals surface area contributed by atoms with Gasteiger partial charge in [0.2, 0.25) is 11.8 Å². The van der Waals surface area contributed by atoms with Crippen LogP contribution in [0.25, 0.3) is 0 Å². The van der Waals surface area contributed by atoms with Gasteiger partial charge in [0, 0.05) is 25.3 Å². The Morgan fingerprint density at radius 3 is 2.08 bits per heavy atom. The first-order valence-electron chi connectivity index (χ1n) is 13.0. The van der Waals surface area contributed by atoms with E-state index in [0.717, 1.165) is 16.9 Å². The molecule has 0 saturated heterocycles. The van der Waals surface area contributed by atoms with Crippen LogP contribution >= 0.6 is 11.8 Å². The molecule has 1 N–H and O–H groups in total. The first-order valence-corrected chi connectivity index (χ1v) is 14.2. The number of benzene rings is 3. The zero-order valence-corrected chi connectivity index (χ0v) is 23.6. The molecule has 0 saturated carbocycles. The number of thioether (sulfide) groups is 1. The van der Waals surface area contributed by atoms with Crippen LogP contribution in [0, 0.1) is 26.7 Å². The van der Waals surface area contributed by atoms with Gasteiger partial charge in [-0.3, -0.25) is 9.59 Å². The Morgan fingerprint density at radius 2 is 1.46 bits per heavy atom. The fourth-order valence-electron chi connectivity index (χ4n) is 4.36. The van der Waals surface area contributed by atoms with Gasteiger partial charge in [-0.15, -0.1) is 11.8 Å². The van der Waals surface area contributed by atoms with Crippen LogP contribution in [0.4, 0.5) is 0 Å². The number of carbonyl (C=O) groups is 2. The van der Waals surface area contributed by atoms with Crippen LogP contribution < -0.4 is 5.32 Å². The number of carbonyl (C=O) groups excluding carboxylic acids is 2. The maximum Gasteiger partial charge on any atom is 0.243 e. The van der Waals surface area contributed by atoms with Crippen LogP contribution in [0.2, 0.25) is 0 Å². The molecule has 0 aromatic heterocycles. The standard InChI is InChI=1S/C32H40N2O2S/c1-23(2)19-33-32(36)30(18-27-9-7-6-8-10-27)34(20-28-13-11-24(3)12-14-28)31(35)22-37-21-29-16-25(4)15-26(5)17-29/h6-17,23,30H,18-22H2,1-5H3,(H,33,36). The van der Waals surface area contributed by atoms with E-state index in [4.69, 9.17) is 0 Å². The topological polar surface area (TPSA) is 49.4 Å². The van der Waals surface area contributed by atoms with Crippen LogP contribution in [0.5, 0.6) is 0 Å². The van der Waals surface area contributed by atoms with Crippen molar-refractivity contribution in [2.45, 2.75) is 59.4 Å². The van der Waals surface area contributed by atoms with Crippen LogP contribution in [0.15, 0.2) is 72.8 Å². The lowest BCUT2D eigenvalue weighted by Gasteiger charge is -2.32. The van der Waals surface area contributed by atoms with E-state index in [0.29, 0.717) is 31.2 Å². The number of amides is 2. The van der Waals surface area contributed by atoms with Gasteiger partial charge in [-0.2, -0.15) is 0 Å². The fraction of sp³-hybridized carbons (Fsp3) is 0.375. The number of hydrogen-bond donors (Lipinski definition) is 1. The molecule has 0 heterocycles. The summed E-state index contributed by atoms with van der Waals surface area (Å²) in [5, 5.41) is 3.09. The van der Waals surface area contributed by atoms with E-state index in [9.17, 15) is 9.59 Å². The van der Waals surface area contributed by atoms with Gasteiger partial charge in [-0.25, -0.2) is 0 Å². The molecule has 3 aromatic carbocycles. The predicted molar refractivity (Wildman–Crippen MR) is 156 cm³/mol. The summed E-state index contributed by atoms with van der Waals surface area (Å²) >= 11 is 1.60. The number of hydrogen-bond acceptors (Lipinski definition) is 3. The average molecular weight is 517 g/mol. The molecule has 4 nitrogen and oxygen atoms in total. The van der Waals surface area contributed by atoms with E-state index in [1.165, 1.54) is 22.3 Å². The van der Waals surface area contributed by atoms with Crippen LogP contribution in [0.3, 0.4) is 0 Å². The van der Waals surface area contributed by atoms with Crippen molar-refractivity contribution in [2.24, 2.45) is 5.92 Å². The second-order valence-electron chi connectivity index (χ2n) is 10.3. The highest BCUT2D eigenvalue weighted by Gasteiger charge is 2.30. The van der Waals surface area contributed by atoms with Gasteiger partial charge in [0.15, 0.2) is 0 Å². The van der Waals surface area contributed by atoms with Gasteiger partial charge < -0.3 is 10.2 Å². The predicted octanol–water partition coefficient (Wildman–Crippen LogP) is 6.26. The fourth-order valence-corrected chi connectivity index (χ4v) is 5.20. The molecule has 0 aliphatic heterocycles. The molecule has 0 fully saturated rings. The molecule has 3 aromatic rings. The zero-order chi connectivity index (χ0) is 26.8. The summed E-state index contributed by atoms with van der Waals surface area (Å²) in [6.07, 6.45) is 0.476. The minimum atomic E-state index is -0.586. The Morgan fingerprint density at radius 1 is 0.811 bits per heavy atom. The summed E-state index contributed by atoms with van der Waals surface area (Å²) in [4.78, 5) is 29.0. The second-order valence-corrected chi connectivity index (χ2v) is 11.3.